The maximum Gasteiger partial charge on any atom is 0.164 e. The molecular formula is C20H22OSi. The number of rotatable bonds is 4. The van der Waals surface area contributed by atoms with Crippen LogP contribution in [0, 0.1) is 11.5 Å². The van der Waals surface area contributed by atoms with E-state index in [1.807, 2.05) is 48.5 Å². The highest BCUT2D eigenvalue weighted by molar-refractivity contribution is 6.83. The van der Waals surface area contributed by atoms with Gasteiger partial charge >= 0.3 is 0 Å². The van der Waals surface area contributed by atoms with E-state index in [1.54, 1.807) is 0 Å². The zero-order chi connectivity index (χ0) is 16.0. The van der Waals surface area contributed by atoms with E-state index in [4.69, 9.17) is 0 Å². The fraction of sp³-hybridized carbons (Fsp3) is 0.250. The molecule has 0 aliphatic rings. The van der Waals surface area contributed by atoms with Crippen LogP contribution in [0.2, 0.25) is 19.6 Å². The second-order valence-corrected chi connectivity index (χ2v) is 11.2. The van der Waals surface area contributed by atoms with Gasteiger partial charge in [-0.25, -0.2) is 0 Å². The number of ketones is 1. The summed E-state index contributed by atoms with van der Waals surface area (Å²) in [6.07, 6.45) is 0.436. The van der Waals surface area contributed by atoms with Gasteiger partial charge in [-0.15, -0.1) is 11.5 Å². The van der Waals surface area contributed by atoms with Gasteiger partial charge < -0.3 is 0 Å². The summed E-state index contributed by atoms with van der Waals surface area (Å²) in [5.41, 5.74) is 5.30. The van der Waals surface area contributed by atoms with Crippen molar-refractivity contribution in [2.45, 2.75) is 32.0 Å². The molecule has 0 N–H and O–H groups in total. The Balaban J connectivity index is 2.25. The zero-order valence-electron chi connectivity index (χ0n) is 13.5. The number of carbonyl (C=O) groups is 1. The molecule has 2 heteroatoms. The van der Waals surface area contributed by atoms with Crippen molar-refractivity contribution >= 4 is 13.9 Å². The smallest absolute Gasteiger partial charge is 0.164 e. The SMILES string of the molecule is C[Si](C)(C)C#CC(CC(=O)c1ccccc1)c1ccccc1. The molecule has 112 valence electrons. The predicted octanol–water partition coefficient (Wildman–Crippen LogP) is 4.92. The van der Waals surface area contributed by atoms with E-state index in [-0.39, 0.29) is 11.7 Å². The molecule has 0 amide bonds. The van der Waals surface area contributed by atoms with E-state index in [0.29, 0.717) is 6.42 Å². The van der Waals surface area contributed by atoms with Crippen molar-refractivity contribution in [1.82, 2.24) is 0 Å². The maximum absolute atomic E-state index is 12.5. The Morgan fingerprint density at radius 1 is 0.955 bits per heavy atom. The average Bonchev–Trinajstić information content (AvgIpc) is 2.52. The molecule has 2 aromatic rings. The fourth-order valence-corrected chi connectivity index (χ4v) is 2.78. The molecule has 0 aliphatic heterocycles. The van der Waals surface area contributed by atoms with Gasteiger partial charge in [-0.2, -0.15) is 0 Å². The summed E-state index contributed by atoms with van der Waals surface area (Å²) in [7, 11) is -1.46. The lowest BCUT2D eigenvalue weighted by molar-refractivity contribution is 0.0979. The van der Waals surface area contributed by atoms with Crippen molar-refractivity contribution < 1.29 is 4.79 Å². The predicted molar refractivity (Wildman–Crippen MR) is 95.7 cm³/mol. The van der Waals surface area contributed by atoms with E-state index < -0.39 is 8.07 Å². The van der Waals surface area contributed by atoms with Crippen LogP contribution < -0.4 is 0 Å². The summed E-state index contributed by atoms with van der Waals surface area (Å²) in [6.45, 7) is 6.67. The minimum atomic E-state index is -1.46. The van der Waals surface area contributed by atoms with Gasteiger partial charge in [0, 0.05) is 12.0 Å². The number of carbonyl (C=O) groups excluding carboxylic acids is 1. The lowest BCUT2D eigenvalue weighted by Gasteiger charge is -2.12. The van der Waals surface area contributed by atoms with Crippen molar-refractivity contribution in [1.29, 1.82) is 0 Å². The Morgan fingerprint density at radius 3 is 2.05 bits per heavy atom. The summed E-state index contributed by atoms with van der Waals surface area (Å²) in [5.74, 6) is 3.49. The Hall–Kier alpha value is -2.11. The molecule has 0 radical (unpaired) electrons. The molecule has 2 aromatic carbocycles. The molecule has 1 nitrogen and oxygen atoms in total. The van der Waals surface area contributed by atoms with Crippen LogP contribution in [-0.4, -0.2) is 13.9 Å². The van der Waals surface area contributed by atoms with Crippen molar-refractivity contribution in [3.05, 3.63) is 71.8 Å². The van der Waals surface area contributed by atoms with Crippen LogP contribution in [0.15, 0.2) is 60.7 Å². The minimum absolute atomic E-state index is 0.0272. The molecule has 0 aromatic heterocycles. The summed E-state index contributed by atoms with van der Waals surface area (Å²) in [4.78, 5) is 12.5. The molecular weight excluding hydrogens is 284 g/mol. The first-order valence-electron chi connectivity index (χ1n) is 7.61. The van der Waals surface area contributed by atoms with E-state index in [9.17, 15) is 4.79 Å². The van der Waals surface area contributed by atoms with Crippen molar-refractivity contribution in [2.75, 3.05) is 0 Å². The van der Waals surface area contributed by atoms with Gasteiger partial charge in [0.1, 0.15) is 8.07 Å². The van der Waals surface area contributed by atoms with Gasteiger partial charge in [-0.1, -0.05) is 80.3 Å². The fourth-order valence-electron chi connectivity index (χ4n) is 2.17. The standard InChI is InChI=1S/C20H22OSi/c1-22(2,3)15-14-19(17-10-6-4-7-11-17)16-20(21)18-12-8-5-9-13-18/h4-13,19H,16H2,1-3H3. The molecule has 1 atom stereocenters. The minimum Gasteiger partial charge on any atom is -0.294 e. The third-order valence-electron chi connectivity index (χ3n) is 3.31. The highest BCUT2D eigenvalue weighted by Crippen LogP contribution is 2.21. The van der Waals surface area contributed by atoms with Crippen molar-refractivity contribution in [3.8, 4) is 11.5 Å². The second kappa shape index (κ2) is 7.24. The summed E-state index contributed by atoms with van der Waals surface area (Å²) in [5, 5.41) is 0. The Kier molecular flexibility index (Phi) is 5.35. The lowest BCUT2D eigenvalue weighted by atomic mass is 9.92. The monoisotopic (exact) mass is 306 g/mol. The molecule has 0 spiro atoms. The largest absolute Gasteiger partial charge is 0.294 e. The number of Topliss-reactive ketones (excluding diaryl/α,β-unsaturated/α-hetero) is 1. The van der Waals surface area contributed by atoms with Crippen LogP contribution >= 0.6 is 0 Å². The Labute approximate surface area is 134 Å². The van der Waals surface area contributed by atoms with Crippen LogP contribution in [0.5, 0.6) is 0 Å². The van der Waals surface area contributed by atoms with Gasteiger partial charge in [0.25, 0.3) is 0 Å². The van der Waals surface area contributed by atoms with E-state index >= 15 is 0 Å². The van der Waals surface area contributed by atoms with Crippen molar-refractivity contribution in [2.24, 2.45) is 0 Å². The summed E-state index contributed by atoms with van der Waals surface area (Å²) < 4.78 is 0. The summed E-state index contributed by atoms with van der Waals surface area (Å²) >= 11 is 0. The summed E-state index contributed by atoms with van der Waals surface area (Å²) in [6, 6.07) is 19.6. The van der Waals surface area contributed by atoms with Gasteiger partial charge in [0.05, 0.1) is 5.92 Å². The third kappa shape index (κ3) is 5.02. The van der Waals surface area contributed by atoms with Gasteiger partial charge in [-0.3, -0.25) is 4.79 Å². The molecule has 0 heterocycles. The van der Waals surface area contributed by atoms with Gasteiger partial charge in [0.15, 0.2) is 5.78 Å². The second-order valence-electron chi connectivity index (χ2n) is 6.48. The molecule has 0 fully saturated rings. The first kappa shape index (κ1) is 16.3. The molecule has 0 bridgehead atoms. The lowest BCUT2D eigenvalue weighted by Crippen LogP contribution is -2.17. The van der Waals surface area contributed by atoms with Gasteiger partial charge in [0.2, 0.25) is 0 Å². The average molecular weight is 306 g/mol. The zero-order valence-corrected chi connectivity index (χ0v) is 14.5. The number of hydrogen-bond acceptors (Lipinski definition) is 1. The first-order valence-corrected chi connectivity index (χ1v) is 11.1. The number of hydrogen-bond donors (Lipinski definition) is 0. The van der Waals surface area contributed by atoms with Gasteiger partial charge in [-0.05, 0) is 5.56 Å². The highest BCUT2D eigenvalue weighted by atomic mass is 28.3. The van der Waals surface area contributed by atoms with E-state index in [0.717, 1.165) is 11.1 Å². The maximum atomic E-state index is 12.5. The number of benzene rings is 2. The van der Waals surface area contributed by atoms with Crippen molar-refractivity contribution in [3.63, 3.8) is 0 Å². The molecule has 1 unspecified atom stereocenters. The Morgan fingerprint density at radius 2 is 1.50 bits per heavy atom. The highest BCUT2D eigenvalue weighted by Gasteiger charge is 2.16. The van der Waals surface area contributed by atoms with Crippen LogP contribution in [0.25, 0.3) is 0 Å². The normalized spacial score (nSPS) is 12.1. The third-order valence-corrected chi connectivity index (χ3v) is 4.20. The van der Waals surface area contributed by atoms with Crippen LogP contribution in [0.3, 0.4) is 0 Å². The van der Waals surface area contributed by atoms with Crippen LogP contribution in [-0.2, 0) is 0 Å². The molecule has 0 aliphatic carbocycles. The quantitative estimate of drug-likeness (QED) is 0.445. The Bertz CT molecular complexity index is 672. The molecule has 0 saturated heterocycles. The first-order chi connectivity index (χ1) is 10.5. The van der Waals surface area contributed by atoms with E-state index in [2.05, 4.69) is 43.2 Å². The van der Waals surface area contributed by atoms with Crippen LogP contribution in [0.4, 0.5) is 0 Å². The molecule has 22 heavy (non-hydrogen) atoms. The molecule has 0 saturated carbocycles. The molecule has 2 rings (SSSR count). The van der Waals surface area contributed by atoms with E-state index in [1.165, 1.54) is 0 Å². The van der Waals surface area contributed by atoms with Crippen LogP contribution in [0.1, 0.15) is 28.3 Å². The topological polar surface area (TPSA) is 17.1 Å².